The van der Waals surface area contributed by atoms with E-state index in [4.69, 9.17) is 0 Å². The predicted molar refractivity (Wildman–Crippen MR) is 70.3 cm³/mol. The molecule has 2 rings (SSSR count). The highest BCUT2D eigenvalue weighted by Gasteiger charge is 2.01. The van der Waals surface area contributed by atoms with E-state index in [1.54, 1.807) is 4.68 Å². The van der Waals surface area contributed by atoms with E-state index >= 15 is 0 Å². The van der Waals surface area contributed by atoms with Crippen molar-refractivity contribution in [2.45, 2.75) is 26.4 Å². The summed E-state index contributed by atoms with van der Waals surface area (Å²) in [5.41, 5.74) is 1.17. The molecule has 0 aliphatic carbocycles. The van der Waals surface area contributed by atoms with Crippen molar-refractivity contribution in [2.75, 3.05) is 5.32 Å². The summed E-state index contributed by atoms with van der Waals surface area (Å²) in [5, 5.41) is 11.7. The zero-order valence-corrected chi connectivity index (χ0v) is 10.9. The van der Waals surface area contributed by atoms with Crippen molar-refractivity contribution in [1.82, 2.24) is 19.6 Å². The molecule has 0 amide bonds. The highest BCUT2D eigenvalue weighted by atomic mass is 35.5. The van der Waals surface area contributed by atoms with Crippen LogP contribution in [0.15, 0.2) is 24.7 Å². The third-order valence-corrected chi connectivity index (χ3v) is 2.38. The average Bonchev–Trinajstić information content (AvgIpc) is 2.85. The van der Waals surface area contributed by atoms with Gasteiger partial charge in [-0.15, -0.1) is 12.4 Å². The topological polar surface area (TPSA) is 47.7 Å². The zero-order valence-electron chi connectivity index (χ0n) is 10.1. The lowest BCUT2D eigenvalue weighted by atomic mass is 10.3. The van der Waals surface area contributed by atoms with E-state index in [0.717, 1.165) is 25.3 Å². The van der Waals surface area contributed by atoms with Crippen LogP contribution in [0.5, 0.6) is 0 Å². The van der Waals surface area contributed by atoms with Gasteiger partial charge in [-0.25, -0.2) is 4.68 Å². The number of hydrogen-bond acceptors (Lipinski definition) is 3. The molecule has 0 aromatic carbocycles. The van der Waals surface area contributed by atoms with E-state index in [9.17, 15) is 0 Å². The molecule has 0 atom stereocenters. The molecule has 6 heteroatoms. The van der Waals surface area contributed by atoms with Crippen LogP contribution in [0.1, 0.15) is 18.9 Å². The summed E-state index contributed by atoms with van der Waals surface area (Å²) < 4.78 is 3.79. The van der Waals surface area contributed by atoms with Gasteiger partial charge in [-0.3, -0.25) is 4.68 Å². The SMILES string of the molecule is CCCn1nccc1NCc1cnn(C)c1.Cl. The molecule has 0 fully saturated rings. The van der Waals surface area contributed by atoms with Gasteiger partial charge in [0.2, 0.25) is 0 Å². The molecular weight excluding hydrogens is 238 g/mol. The fourth-order valence-corrected chi connectivity index (χ4v) is 1.63. The van der Waals surface area contributed by atoms with E-state index in [0.29, 0.717) is 0 Å². The third-order valence-electron chi connectivity index (χ3n) is 2.38. The second-order valence-corrected chi connectivity index (χ2v) is 3.82. The first-order chi connectivity index (χ1) is 7.79. The minimum Gasteiger partial charge on any atom is -0.366 e. The lowest BCUT2D eigenvalue weighted by Gasteiger charge is -2.07. The molecule has 0 saturated heterocycles. The molecular formula is C11H18ClN5. The molecule has 0 spiro atoms. The molecule has 94 valence electrons. The maximum atomic E-state index is 4.26. The number of rotatable bonds is 5. The summed E-state index contributed by atoms with van der Waals surface area (Å²) in [7, 11) is 1.92. The third kappa shape index (κ3) is 3.49. The van der Waals surface area contributed by atoms with Crippen molar-refractivity contribution in [3.05, 3.63) is 30.2 Å². The summed E-state index contributed by atoms with van der Waals surface area (Å²) in [6.07, 6.45) is 6.78. The first kappa shape index (κ1) is 13.6. The minimum atomic E-state index is 0. The standard InChI is InChI=1S/C11H17N5.ClH/c1-3-6-16-11(4-5-13-16)12-7-10-8-14-15(2)9-10;/h4-5,8-9,12H,3,6-7H2,1-2H3;1H. The summed E-state index contributed by atoms with van der Waals surface area (Å²) in [5.74, 6) is 1.06. The van der Waals surface area contributed by atoms with Crippen LogP contribution < -0.4 is 5.32 Å². The quantitative estimate of drug-likeness (QED) is 0.890. The fourth-order valence-electron chi connectivity index (χ4n) is 1.63. The fraction of sp³-hybridized carbons (Fsp3) is 0.455. The molecule has 17 heavy (non-hydrogen) atoms. The van der Waals surface area contributed by atoms with Gasteiger partial charge < -0.3 is 5.32 Å². The Morgan fingerprint density at radius 1 is 1.35 bits per heavy atom. The van der Waals surface area contributed by atoms with E-state index in [1.807, 2.05) is 36.4 Å². The molecule has 0 bridgehead atoms. The summed E-state index contributed by atoms with van der Waals surface area (Å²) in [6.45, 7) is 3.87. The van der Waals surface area contributed by atoms with Crippen molar-refractivity contribution >= 4 is 18.2 Å². The Bertz CT molecular complexity index is 448. The number of nitrogens with one attached hydrogen (secondary N) is 1. The van der Waals surface area contributed by atoms with Crippen LogP contribution in [0.2, 0.25) is 0 Å². The number of halogens is 1. The Labute approximate surface area is 107 Å². The van der Waals surface area contributed by atoms with Crippen molar-refractivity contribution in [2.24, 2.45) is 7.05 Å². The highest BCUT2D eigenvalue weighted by molar-refractivity contribution is 5.85. The van der Waals surface area contributed by atoms with Gasteiger partial charge in [0.25, 0.3) is 0 Å². The maximum absolute atomic E-state index is 4.26. The lowest BCUT2D eigenvalue weighted by Crippen LogP contribution is -2.07. The van der Waals surface area contributed by atoms with E-state index < -0.39 is 0 Å². The average molecular weight is 256 g/mol. The predicted octanol–water partition coefficient (Wildman–Crippen LogP) is 2.06. The smallest absolute Gasteiger partial charge is 0.124 e. The molecule has 0 unspecified atom stereocenters. The Kier molecular flexibility index (Phi) is 5.03. The normalized spacial score (nSPS) is 10.0. The largest absolute Gasteiger partial charge is 0.366 e. The van der Waals surface area contributed by atoms with Crippen LogP contribution in [0.3, 0.4) is 0 Å². The molecule has 2 aromatic heterocycles. The Morgan fingerprint density at radius 2 is 2.18 bits per heavy atom. The number of hydrogen-bond donors (Lipinski definition) is 1. The van der Waals surface area contributed by atoms with Gasteiger partial charge >= 0.3 is 0 Å². The van der Waals surface area contributed by atoms with Crippen LogP contribution in [-0.2, 0) is 20.1 Å². The number of aryl methyl sites for hydroxylation is 2. The molecule has 2 heterocycles. The molecule has 2 aromatic rings. The molecule has 0 aliphatic heterocycles. The zero-order chi connectivity index (χ0) is 11.4. The van der Waals surface area contributed by atoms with Gasteiger partial charge in [0.05, 0.1) is 12.4 Å². The first-order valence-corrected chi connectivity index (χ1v) is 5.53. The van der Waals surface area contributed by atoms with Crippen LogP contribution in [0.4, 0.5) is 5.82 Å². The molecule has 5 nitrogen and oxygen atoms in total. The molecule has 0 aliphatic rings. The van der Waals surface area contributed by atoms with Crippen LogP contribution >= 0.6 is 12.4 Å². The van der Waals surface area contributed by atoms with Crippen molar-refractivity contribution in [3.8, 4) is 0 Å². The van der Waals surface area contributed by atoms with Gasteiger partial charge in [0.15, 0.2) is 0 Å². The monoisotopic (exact) mass is 255 g/mol. The Morgan fingerprint density at radius 3 is 2.82 bits per heavy atom. The lowest BCUT2D eigenvalue weighted by molar-refractivity contribution is 0.607. The molecule has 0 saturated carbocycles. The number of aromatic nitrogens is 4. The Balaban J connectivity index is 0.00000144. The van der Waals surface area contributed by atoms with Crippen LogP contribution in [0, 0.1) is 0 Å². The van der Waals surface area contributed by atoms with Crippen molar-refractivity contribution in [1.29, 1.82) is 0 Å². The van der Waals surface area contributed by atoms with E-state index in [-0.39, 0.29) is 12.4 Å². The van der Waals surface area contributed by atoms with E-state index in [2.05, 4.69) is 22.4 Å². The second-order valence-electron chi connectivity index (χ2n) is 3.82. The van der Waals surface area contributed by atoms with Gasteiger partial charge in [0, 0.05) is 38.0 Å². The van der Waals surface area contributed by atoms with Gasteiger partial charge in [0.1, 0.15) is 5.82 Å². The number of nitrogens with zero attached hydrogens (tertiary/aromatic N) is 4. The van der Waals surface area contributed by atoms with Crippen LogP contribution in [0.25, 0.3) is 0 Å². The summed E-state index contributed by atoms with van der Waals surface area (Å²) in [6, 6.07) is 1.99. The van der Waals surface area contributed by atoms with Crippen molar-refractivity contribution in [3.63, 3.8) is 0 Å². The van der Waals surface area contributed by atoms with Crippen molar-refractivity contribution < 1.29 is 0 Å². The van der Waals surface area contributed by atoms with E-state index in [1.165, 1.54) is 5.56 Å². The second kappa shape index (κ2) is 6.30. The van der Waals surface area contributed by atoms with Gasteiger partial charge in [-0.05, 0) is 6.42 Å². The van der Waals surface area contributed by atoms with Gasteiger partial charge in [-0.2, -0.15) is 10.2 Å². The first-order valence-electron chi connectivity index (χ1n) is 5.53. The Hall–Kier alpha value is -1.49. The molecule has 0 radical (unpaired) electrons. The summed E-state index contributed by atoms with van der Waals surface area (Å²) >= 11 is 0. The number of anilines is 1. The summed E-state index contributed by atoms with van der Waals surface area (Å²) in [4.78, 5) is 0. The van der Waals surface area contributed by atoms with Gasteiger partial charge in [-0.1, -0.05) is 6.92 Å². The van der Waals surface area contributed by atoms with Crippen LogP contribution in [-0.4, -0.2) is 19.6 Å². The highest BCUT2D eigenvalue weighted by Crippen LogP contribution is 2.08. The minimum absolute atomic E-state index is 0. The molecule has 1 N–H and O–H groups in total. The maximum Gasteiger partial charge on any atom is 0.124 e.